The average molecular weight is 377 g/mol. The van der Waals surface area contributed by atoms with Gasteiger partial charge in [-0.25, -0.2) is 0 Å². The minimum atomic E-state index is -0.122. The third-order valence-electron chi connectivity index (χ3n) is 4.49. The van der Waals surface area contributed by atoms with Crippen molar-refractivity contribution in [2.45, 2.75) is 32.0 Å². The fourth-order valence-electron chi connectivity index (χ4n) is 3.01. The Labute approximate surface area is 167 Å². The molecule has 1 aliphatic heterocycles. The Bertz CT molecular complexity index is 820. The van der Waals surface area contributed by atoms with Gasteiger partial charge in [-0.3, -0.25) is 0 Å². The molecule has 146 valence electrons. The molecule has 3 N–H and O–H groups in total. The minimum absolute atomic E-state index is 0.122. The van der Waals surface area contributed by atoms with Gasteiger partial charge in [-0.1, -0.05) is 24.0 Å². The molecule has 0 amide bonds. The molecular formula is C23H27N3O2. The first-order valence-electron chi connectivity index (χ1n) is 9.73. The van der Waals surface area contributed by atoms with E-state index in [-0.39, 0.29) is 6.29 Å². The predicted octanol–water partition coefficient (Wildman–Crippen LogP) is 3.50. The molecule has 5 nitrogen and oxygen atoms in total. The van der Waals surface area contributed by atoms with Crippen LogP contribution >= 0.6 is 0 Å². The zero-order valence-corrected chi connectivity index (χ0v) is 16.3. The minimum Gasteiger partial charge on any atom is -0.465 e. The third kappa shape index (κ3) is 5.77. The Morgan fingerprint density at radius 2 is 2.04 bits per heavy atom. The lowest BCUT2D eigenvalue weighted by Crippen LogP contribution is -2.27. The Morgan fingerprint density at radius 1 is 1.21 bits per heavy atom. The van der Waals surface area contributed by atoms with Gasteiger partial charge in [-0.2, -0.15) is 0 Å². The maximum atomic E-state index is 7.99. The van der Waals surface area contributed by atoms with Crippen molar-refractivity contribution in [3.05, 3.63) is 65.5 Å². The molecule has 1 atom stereocenters. The van der Waals surface area contributed by atoms with E-state index in [1.165, 1.54) is 0 Å². The molecule has 1 unspecified atom stereocenters. The van der Waals surface area contributed by atoms with Crippen LogP contribution in [0.25, 0.3) is 0 Å². The molecule has 5 heteroatoms. The Hall–Kier alpha value is -2.97. The van der Waals surface area contributed by atoms with Crippen LogP contribution in [0.3, 0.4) is 0 Å². The molecule has 1 saturated heterocycles. The molecule has 28 heavy (non-hydrogen) atoms. The first-order chi connectivity index (χ1) is 13.8. The molecule has 1 fully saturated rings. The van der Waals surface area contributed by atoms with Crippen LogP contribution in [-0.4, -0.2) is 32.2 Å². The van der Waals surface area contributed by atoms with Gasteiger partial charge in [-0.05, 0) is 49.3 Å². The normalized spacial score (nSPS) is 20.2. The lowest BCUT2D eigenvalue weighted by atomic mass is 10.1. The van der Waals surface area contributed by atoms with E-state index in [1.807, 2.05) is 49.5 Å². The van der Waals surface area contributed by atoms with Crippen LogP contribution in [0.2, 0.25) is 0 Å². The van der Waals surface area contributed by atoms with Crippen LogP contribution in [0.1, 0.15) is 31.2 Å². The van der Waals surface area contributed by atoms with Crippen molar-refractivity contribution in [3.8, 4) is 17.6 Å². The number of ether oxygens (including phenoxy) is 2. The third-order valence-corrected chi connectivity index (χ3v) is 4.49. The van der Waals surface area contributed by atoms with Gasteiger partial charge in [0.2, 0.25) is 0 Å². The summed E-state index contributed by atoms with van der Waals surface area (Å²) in [5.41, 5.74) is 2.31. The summed E-state index contributed by atoms with van der Waals surface area (Å²) in [7, 11) is 1.85. The fourth-order valence-corrected chi connectivity index (χ4v) is 3.01. The van der Waals surface area contributed by atoms with E-state index in [2.05, 4.69) is 22.5 Å². The van der Waals surface area contributed by atoms with E-state index in [1.54, 1.807) is 6.08 Å². The molecule has 3 rings (SSSR count). The fraction of sp³-hybridized carbons (Fsp3) is 0.348. The van der Waals surface area contributed by atoms with Crippen LogP contribution in [-0.2, 0) is 4.74 Å². The van der Waals surface area contributed by atoms with E-state index in [9.17, 15) is 0 Å². The first kappa shape index (κ1) is 19.8. The average Bonchev–Trinajstić information content (AvgIpc) is 2.73. The standard InChI is InChI=1S/C23H27N3O2/c1-25-23(20-9-2-3-10-21(20)24)26-16-6-4-8-18-12-14-19(15-13-18)28-22-11-5-7-17-27-22/h2-3,9-10,12-15,22,24-26H,5-7,11,16-17H2,1H3/b23-20+,24-21?. The summed E-state index contributed by atoms with van der Waals surface area (Å²) in [6.07, 6.45) is 11.3. The van der Waals surface area contributed by atoms with E-state index in [0.29, 0.717) is 18.7 Å². The van der Waals surface area contributed by atoms with Crippen LogP contribution in [0.4, 0.5) is 0 Å². The lowest BCUT2D eigenvalue weighted by Gasteiger charge is -2.23. The quantitative estimate of drug-likeness (QED) is 0.524. The topological polar surface area (TPSA) is 66.4 Å². The van der Waals surface area contributed by atoms with Crippen molar-refractivity contribution in [1.82, 2.24) is 10.6 Å². The SMILES string of the molecule is CN/C(NCCC#Cc1ccc(OC2CCCCO2)cc1)=C1/C=CC=CC1=N. The lowest BCUT2D eigenvalue weighted by molar-refractivity contribution is -0.105. The molecule has 0 aromatic heterocycles. The number of hydrogen-bond acceptors (Lipinski definition) is 5. The molecular weight excluding hydrogens is 350 g/mol. The summed E-state index contributed by atoms with van der Waals surface area (Å²) in [4.78, 5) is 0. The number of rotatable bonds is 6. The largest absolute Gasteiger partial charge is 0.465 e. The molecule has 0 radical (unpaired) electrons. The highest BCUT2D eigenvalue weighted by atomic mass is 16.7. The number of nitrogens with one attached hydrogen (secondary N) is 3. The molecule has 2 aliphatic rings. The van der Waals surface area contributed by atoms with Crippen LogP contribution in [0.5, 0.6) is 5.75 Å². The summed E-state index contributed by atoms with van der Waals surface area (Å²) < 4.78 is 11.4. The van der Waals surface area contributed by atoms with Crippen molar-refractivity contribution >= 4 is 5.71 Å². The van der Waals surface area contributed by atoms with E-state index in [4.69, 9.17) is 14.9 Å². The van der Waals surface area contributed by atoms with Gasteiger partial charge in [0.1, 0.15) is 11.6 Å². The Balaban J connectivity index is 1.46. The van der Waals surface area contributed by atoms with E-state index in [0.717, 1.165) is 48.6 Å². The molecule has 0 saturated carbocycles. The van der Waals surface area contributed by atoms with Gasteiger partial charge in [-0.15, -0.1) is 0 Å². The zero-order valence-electron chi connectivity index (χ0n) is 16.3. The second kappa shape index (κ2) is 10.4. The predicted molar refractivity (Wildman–Crippen MR) is 112 cm³/mol. The van der Waals surface area contributed by atoms with E-state index < -0.39 is 0 Å². The number of hydrogen-bond donors (Lipinski definition) is 3. The van der Waals surface area contributed by atoms with Gasteiger partial charge < -0.3 is 25.5 Å². The van der Waals surface area contributed by atoms with Crippen LogP contribution in [0, 0.1) is 17.3 Å². The van der Waals surface area contributed by atoms with Crippen molar-refractivity contribution in [1.29, 1.82) is 5.41 Å². The molecule has 0 bridgehead atoms. The monoisotopic (exact) mass is 377 g/mol. The molecule has 1 aromatic rings. The van der Waals surface area contributed by atoms with Crippen molar-refractivity contribution in [2.75, 3.05) is 20.2 Å². The maximum Gasteiger partial charge on any atom is 0.199 e. The van der Waals surface area contributed by atoms with Crippen LogP contribution < -0.4 is 15.4 Å². The molecule has 1 aliphatic carbocycles. The summed E-state index contributed by atoms with van der Waals surface area (Å²) in [5, 5.41) is 14.4. The second-order valence-corrected chi connectivity index (χ2v) is 6.59. The van der Waals surface area contributed by atoms with Gasteiger partial charge in [0, 0.05) is 37.6 Å². The highest BCUT2D eigenvalue weighted by Gasteiger charge is 2.14. The number of benzene rings is 1. The van der Waals surface area contributed by atoms with Gasteiger partial charge in [0.15, 0.2) is 6.29 Å². The molecule has 1 aromatic carbocycles. The Morgan fingerprint density at radius 3 is 2.75 bits per heavy atom. The summed E-state index contributed by atoms with van der Waals surface area (Å²) in [6, 6.07) is 7.83. The Kier molecular flexibility index (Phi) is 7.34. The highest BCUT2D eigenvalue weighted by molar-refractivity contribution is 6.09. The van der Waals surface area contributed by atoms with Crippen molar-refractivity contribution < 1.29 is 9.47 Å². The zero-order chi connectivity index (χ0) is 19.6. The summed E-state index contributed by atoms with van der Waals surface area (Å²) in [5.74, 6) is 8.02. The van der Waals surface area contributed by atoms with Gasteiger partial charge >= 0.3 is 0 Å². The first-order valence-corrected chi connectivity index (χ1v) is 9.73. The summed E-state index contributed by atoms with van der Waals surface area (Å²) >= 11 is 0. The van der Waals surface area contributed by atoms with E-state index >= 15 is 0 Å². The highest BCUT2D eigenvalue weighted by Crippen LogP contribution is 2.19. The van der Waals surface area contributed by atoms with Crippen LogP contribution in [0.15, 0.2) is 60.0 Å². The summed E-state index contributed by atoms with van der Waals surface area (Å²) in [6.45, 7) is 1.49. The number of allylic oxidation sites excluding steroid dienone is 5. The smallest absolute Gasteiger partial charge is 0.199 e. The van der Waals surface area contributed by atoms with Gasteiger partial charge in [0.25, 0.3) is 0 Å². The van der Waals surface area contributed by atoms with Crippen molar-refractivity contribution in [3.63, 3.8) is 0 Å². The van der Waals surface area contributed by atoms with Crippen molar-refractivity contribution in [2.24, 2.45) is 0 Å². The molecule has 1 heterocycles. The van der Waals surface area contributed by atoms with Gasteiger partial charge in [0.05, 0.1) is 12.3 Å². The second-order valence-electron chi connectivity index (χ2n) is 6.59. The maximum absolute atomic E-state index is 7.99. The molecule has 0 spiro atoms.